The molecule has 0 atom stereocenters. The lowest BCUT2D eigenvalue weighted by Gasteiger charge is -2.38. The quantitative estimate of drug-likeness (QED) is 0.894. The summed E-state index contributed by atoms with van der Waals surface area (Å²) in [6, 6.07) is 7.76. The first-order valence-corrected chi connectivity index (χ1v) is 6.15. The van der Waals surface area contributed by atoms with E-state index in [0.29, 0.717) is 5.56 Å². The zero-order valence-corrected chi connectivity index (χ0v) is 10.5. The highest BCUT2D eigenvalue weighted by Gasteiger charge is 2.32. The third kappa shape index (κ3) is 2.37. The molecular weight excluding hydrogens is 266 g/mol. The van der Waals surface area contributed by atoms with Crippen molar-refractivity contribution in [2.24, 2.45) is 5.73 Å². The molecule has 3 nitrogen and oxygen atoms in total. The van der Waals surface area contributed by atoms with Crippen LogP contribution in [0.3, 0.4) is 0 Å². The van der Waals surface area contributed by atoms with Gasteiger partial charge in [0.25, 0.3) is 0 Å². The molecule has 0 unspecified atom stereocenters. The van der Waals surface area contributed by atoms with Crippen LogP contribution >= 0.6 is 15.9 Å². The van der Waals surface area contributed by atoms with Crippen molar-refractivity contribution < 1.29 is 0 Å². The third-order valence-corrected chi connectivity index (χ3v) is 3.58. The molecule has 0 aliphatic heterocycles. The minimum Gasteiger partial charge on any atom is -0.382 e. The molecule has 84 valence electrons. The number of halogens is 1. The van der Waals surface area contributed by atoms with Crippen LogP contribution in [0.5, 0.6) is 0 Å². The number of hydrogen-bond acceptors (Lipinski definition) is 3. The fourth-order valence-electron chi connectivity index (χ4n) is 1.84. The molecule has 0 heterocycles. The summed E-state index contributed by atoms with van der Waals surface area (Å²) in [6.07, 6.45) is 3.34. The van der Waals surface area contributed by atoms with Crippen LogP contribution in [0.4, 0.5) is 5.69 Å². The smallest absolute Gasteiger partial charge is 0.101 e. The van der Waals surface area contributed by atoms with Gasteiger partial charge in [-0.3, -0.25) is 0 Å². The lowest BCUT2D eigenvalue weighted by molar-refractivity contribution is 0.265. The molecule has 1 aliphatic carbocycles. The first-order valence-electron chi connectivity index (χ1n) is 5.35. The van der Waals surface area contributed by atoms with Crippen molar-refractivity contribution in [2.75, 3.05) is 11.9 Å². The first-order chi connectivity index (χ1) is 7.63. The van der Waals surface area contributed by atoms with Gasteiger partial charge in [-0.15, -0.1) is 0 Å². The van der Waals surface area contributed by atoms with Gasteiger partial charge in [0, 0.05) is 16.6 Å². The predicted molar refractivity (Wildman–Crippen MR) is 68.1 cm³/mol. The maximum absolute atomic E-state index is 8.97. The predicted octanol–water partition coefficient (Wildman–Crippen LogP) is 2.61. The van der Waals surface area contributed by atoms with Crippen LogP contribution < -0.4 is 11.1 Å². The van der Waals surface area contributed by atoms with Crippen LogP contribution in [0.15, 0.2) is 22.7 Å². The van der Waals surface area contributed by atoms with Gasteiger partial charge in [0.15, 0.2) is 0 Å². The SMILES string of the molecule is N#Cc1ccc(Br)cc1NCC1(N)CCC1. The van der Waals surface area contributed by atoms with Gasteiger partial charge in [0.2, 0.25) is 0 Å². The van der Waals surface area contributed by atoms with Gasteiger partial charge in [-0.05, 0) is 37.5 Å². The molecule has 4 heteroatoms. The van der Waals surface area contributed by atoms with E-state index in [1.54, 1.807) is 6.07 Å². The number of anilines is 1. The molecule has 0 bridgehead atoms. The van der Waals surface area contributed by atoms with Crippen molar-refractivity contribution in [3.63, 3.8) is 0 Å². The van der Waals surface area contributed by atoms with Gasteiger partial charge in [-0.1, -0.05) is 15.9 Å². The van der Waals surface area contributed by atoms with Gasteiger partial charge >= 0.3 is 0 Å². The highest BCUT2D eigenvalue weighted by Crippen LogP contribution is 2.30. The molecule has 1 fully saturated rings. The van der Waals surface area contributed by atoms with Gasteiger partial charge in [-0.2, -0.15) is 5.26 Å². The second-order valence-electron chi connectivity index (χ2n) is 4.37. The molecule has 0 radical (unpaired) electrons. The fourth-order valence-corrected chi connectivity index (χ4v) is 2.20. The lowest BCUT2D eigenvalue weighted by atomic mass is 9.78. The highest BCUT2D eigenvalue weighted by atomic mass is 79.9. The molecule has 2 rings (SSSR count). The number of nitriles is 1. The Kier molecular flexibility index (Phi) is 3.17. The Labute approximate surface area is 104 Å². The second kappa shape index (κ2) is 4.44. The molecule has 1 aromatic carbocycles. The molecule has 1 aliphatic rings. The van der Waals surface area contributed by atoms with Gasteiger partial charge < -0.3 is 11.1 Å². The Hall–Kier alpha value is -1.05. The Bertz CT molecular complexity index is 432. The summed E-state index contributed by atoms with van der Waals surface area (Å²) in [5, 5.41) is 12.2. The molecule has 1 aromatic rings. The van der Waals surface area contributed by atoms with Gasteiger partial charge in [-0.25, -0.2) is 0 Å². The van der Waals surface area contributed by atoms with E-state index in [1.807, 2.05) is 12.1 Å². The molecule has 1 saturated carbocycles. The lowest BCUT2D eigenvalue weighted by Crippen LogP contribution is -2.52. The Morgan fingerprint density at radius 1 is 1.50 bits per heavy atom. The average molecular weight is 280 g/mol. The van der Waals surface area contributed by atoms with Crippen LogP contribution in [0, 0.1) is 11.3 Å². The molecular formula is C12H14BrN3. The Morgan fingerprint density at radius 3 is 2.81 bits per heavy atom. The van der Waals surface area contributed by atoms with Crippen molar-refractivity contribution in [3.05, 3.63) is 28.2 Å². The summed E-state index contributed by atoms with van der Waals surface area (Å²) in [5.74, 6) is 0. The monoisotopic (exact) mass is 279 g/mol. The highest BCUT2D eigenvalue weighted by molar-refractivity contribution is 9.10. The maximum atomic E-state index is 8.97. The van der Waals surface area contributed by atoms with Crippen LogP contribution in [0.25, 0.3) is 0 Å². The Morgan fingerprint density at radius 2 is 2.25 bits per heavy atom. The van der Waals surface area contributed by atoms with E-state index in [-0.39, 0.29) is 5.54 Å². The fraction of sp³-hybridized carbons (Fsp3) is 0.417. The number of nitrogens with two attached hydrogens (primary N) is 1. The standard InChI is InChI=1S/C12H14BrN3/c13-10-3-2-9(7-14)11(6-10)16-8-12(15)4-1-5-12/h2-3,6,16H,1,4-5,8,15H2. The zero-order valence-electron chi connectivity index (χ0n) is 8.96. The minimum absolute atomic E-state index is 0.0744. The van der Waals surface area contributed by atoms with Crippen LogP contribution in [0.2, 0.25) is 0 Å². The molecule has 16 heavy (non-hydrogen) atoms. The van der Waals surface area contributed by atoms with Crippen molar-refractivity contribution in [2.45, 2.75) is 24.8 Å². The van der Waals surface area contributed by atoms with E-state index < -0.39 is 0 Å². The Balaban J connectivity index is 2.08. The molecule has 0 spiro atoms. The topological polar surface area (TPSA) is 61.8 Å². The van der Waals surface area contributed by atoms with Crippen LogP contribution in [-0.2, 0) is 0 Å². The summed E-state index contributed by atoms with van der Waals surface area (Å²) in [6.45, 7) is 0.734. The largest absolute Gasteiger partial charge is 0.382 e. The van der Waals surface area contributed by atoms with E-state index in [1.165, 1.54) is 6.42 Å². The molecule has 0 aromatic heterocycles. The average Bonchev–Trinajstić information content (AvgIpc) is 2.24. The maximum Gasteiger partial charge on any atom is 0.101 e. The minimum atomic E-state index is -0.0744. The zero-order chi connectivity index (χ0) is 11.6. The van der Waals surface area contributed by atoms with E-state index in [2.05, 4.69) is 27.3 Å². The first kappa shape index (κ1) is 11.4. The van der Waals surface area contributed by atoms with E-state index in [4.69, 9.17) is 11.0 Å². The van der Waals surface area contributed by atoms with Gasteiger partial charge in [0.05, 0.1) is 11.3 Å². The third-order valence-electron chi connectivity index (χ3n) is 3.08. The summed E-state index contributed by atoms with van der Waals surface area (Å²) in [7, 11) is 0. The summed E-state index contributed by atoms with van der Waals surface area (Å²) in [5.41, 5.74) is 7.56. The number of nitrogens with zero attached hydrogens (tertiary/aromatic N) is 1. The van der Waals surface area contributed by atoms with Crippen LogP contribution in [-0.4, -0.2) is 12.1 Å². The van der Waals surface area contributed by atoms with Crippen molar-refractivity contribution in [1.82, 2.24) is 0 Å². The van der Waals surface area contributed by atoms with E-state index >= 15 is 0 Å². The van der Waals surface area contributed by atoms with Crippen molar-refractivity contribution in [1.29, 1.82) is 5.26 Å². The summed E-state index contributed by atoms with van der Waals surface area (Å²) in [4.78, 5) is 0. The molecule has 3 N–H and O–H groups in total. The molecule has 0 amide bonds. The van der Waals surface area contributed by atoms with E-state index in [0.717, 1.165) is 29.5 Å². The normalized spacial score (nSPS) is 17.3. The number of hydrogen-bond donors (Lipinski definition) is 2. The summed E-state index contributed by atoms with van der Waals surface area (Å²) >= 11 is 3.40. The number of rotatable bonds is 3. The number of benzene rings is 1. The second-order valence-corrected chi connectivity index (χ2v) is 5.29. The van der Waals surface area contributed by atoms with Crippen molar-refractivity contribution in [3.8, 4) is 6.07 Å². The van der Waals surface area contributed by atoms with E-state index in [9.17, 15) is 0 Å². The summed E-state index contributed by atoms with van der Waals surface area (Å²) < 4.78 is 0.966. The van der Waals surface area contributed by atoms with Crippen LogP contribution in [0.1, 0.15) is 24.8 Å². The van der Waals surface area contributed by atoms with Crippen molar-refractivity contribution >= 4 is 21.6 Å². The number of nitrogens with one attached hydrogen (secondary N) is 1. The van der Waals surface area contributed by atoms with Gasteiger partial charge in [0.1, 0.15) is 6.07 Å². The molecule has 0 saturated heterocycles.